The number of nitrogen functional groups attached to an aromatic ring is 1. The van der Waals surface area contributed by atoms with Crippen molar-refractivity contribution in [2.45, 2.75) is 32.2 Å². The number of nitrogens with two attached hydrogens (primary N) is 1. The Hall–Kier alpha value is -1.85. The van der Waals surface area contributed by atoms with Gasteiger partial charge in [0.25, 0.3) is 0 Å². The van der Waals surface area contributed by atoms with Gasteiger partial charge in [-0.3, -0.25) is 0 Å². The van der Waals surface area contributed by atoms with E-state index in [1.807, 2.05) is 45.0 Å². The highest BCUT2D eigenvalue weighted by Crippen LogP contribution is 2.21. The highest BCUT2D eigenvalue weighted by atomic mass is 32.2. The van der Waals surface area contributed by atoms with Gasteiger partial charge in [-0.2, -0.15) is 0 Å². The van der Waals surface area contributed by atoms with E-state index in [1.54, 1.807) is 6.07 Å². The lowest BCUT2D eigenvalue weighted by atomic mass is 10.1. The molecule has 21 heavy (non-hydrogen) atoms. The molecule has 0 saturated carbocycles. The van der Waals surface area contributed by atoms with Crippen molar-refractivity contribution in [3.8, 4) is 0 Å². The van der Waals surface area contributed by atoms with E-state index in [4.69, 9.17) is 5.73 Å². The van der Waals surface area contributed by atoms with Crippen LogP contribution in [0.15, 0.2) is 41.3 Å². The van der Waals surface area contributed by atoms with Crippen molar-refractivity contribution in [1.82, 2.24) is 4.72 Å². The monoisotopic (exact) mass is 304 g/mol. The minimum Gasteiger partial charge on any atom is -0.398 e. The zero-order valence-electron chi connectivity index (χ0n) is 12.5. The third-order valence-electron chi connectivity index (χ3n) is 3.54. The number of hydrogen-bond acceptors (Lipinski definition) is 3. The third kappa shape index (κ3) is 3.62. The fourth-order valence-corrected chi connectivity index (χ4v) is 3.23. The van der Waals surface area contributed by atoms with E-state index in [0.717, 1.165) is 22.3 Å². The lowest BCUT2D eigenvalue weighted by Crippen LogP contribution is -2.23. The highest BCUT2D eigenvalue weighted by molar-refractivity contribution is 7.89. The summed E-state index contributed by atoms with van der Waals surface area (Å²) in [5, 5.41) is 0. The Bertz CT molecular complexity index is 745. The Kier molecular flexibility index (Phi) is 4.34. The van der Waals surface area contributed by atoms with Crippen molar-refractivity contribution in [2.75, 3.05) is 5.73 Å². The molecule has 0 atom stereocenters. The quantitative estimate of drug-likeness (QED) is 0.853. The summed E-state index contributed by atoms with van der Waals surface area (Å²) in [6, 6.07) is 10.9. The van der Waals surface area contributed by atoms with Crippen LogP contribution in [0.3, 0.4) is 0 Å². The lowest BCUT2D eigenvalue weighted by Gasteiger charge is -2.11. The number of hydrogen-bond donors (Lipinski definition) is 2. The average Bonchev–Trinajstić information content (AvgIpc) is 2.42. The van der Waals surface area contributed by atoms with Crippen LogP contribution in [0.2, 0.25) is 0 Å². The molecule has 5 heteroatoms. The number of anilines is 1. The largest absolute Gasteiger partial charge is 0.398 e. The lowest BCUT2D eigenvalue weighted by molar-refractivity contribution is 0.581. The molecule has 0 aliphatic carbocycles. The van der Waals surface area contributed by atoms with E-state index >= 15 is 0 Å². The maximum atomic E-state index is 12.3. The number of aryl methyl sites for hydroxylation is 2. The first kappa shape index (κ1) is 15.5. The van der Waals surface area contributed by atoms with Gasteiger partial charge in [-0.15, -0.1) is 0 Å². The summed E-state index contributed by atoms with van der Waals surface area (Å²) in [6.07, 6.45) is 0. The second-order valence-corrected chi connectivity index (χ2v) is 7.03. The van der Waals surface area contributed by atoms with Crippen molar-refractivity contribution in [2.24, 2.45) is 0 Å². The Balaban J connectivity index is 2.23. The summed E-state index contributed by atoms with van der Waals surface area (Å²) < 4.78 is 27.3. The Morgan fingerprint density at radius 1 is 1.10 bits per heavy atom. The number of rotatable bonds is 4. The molecule has 0 unspecified atom stereocenters. The second-order valence-electron chi connectivity index (χ2n) is 5.27. The van der Waals surface area contributed by atoms with Crippen LogP contribution in [-0.2, 0) is 16.6 Å². The van der Waals surface area contributed by atoms with E-state index in [9.17, 15) is 8.42 Å². The molecular formula is C16H20N2O2S. The molecule has 0 fully saturated rings. The minimum absolute atomic E-state index is 0.204. The number of sulfonamides is 1. The normalized spacial score (nSPS) is 11.6. The summed E-state index contributed by atoms with van der Waals surface area (Å²) in [5.41, 5.74) is 10.1. The topological polar surface area (TPSA) is 72.2 Å². The first-order chi connectivity index (χ1) is 9.79. The molecule has 112 valence electrons. The van der Waals surface area contributed by atoms with Crippen molar-refractivity contribution in [1.29, 1.82) is 0 Å². The molecule has 0 aromatic heterocycles. The van der Waals surface area contributed by atoms with E-state index in [2.05, 4.69) is 4.72 Å². The predicted molar refractivity (Wildman–Crippen MR) is 85.5 cm³/mol. The first-order valence-electron chi connectivity index (χ1n) is 6.71. The molecule has 0 radical (unpaired) electrons. The van der Waals surface area contributed by atoms with E-state index in [1.165, 1.54) is 6.07 Å². The van der Waals surface area contributed by atoms with Crippen molar-refractivity contribution in [3.05, 3.63) is 58.7 Å². The van der Waals surface area contributed by atoms with Crippen LogP contribution in [0.1, 0.15) is 22.3 Å². The van der Waals surface area contributed by atoms with Crippen LogP contribution in [0.4, 0.5) is 5.69 Å². The summed E-state index contributed by atoms with van der Waals surface area (Å²) in [7, 11) is -3.56. The maximum Gasteiger partial charge on any atom is 0.240 e. The van der Waals surface area contributed by atoms with E-state index < -0.39 is 10.0 Å². The van der Waals surface area contributed by atoms with Gasteiger partial charge < -0.3 is 5.73 Å². The van der Waals surface area contributed by atoms with Crippen molar-refractivity contribution >= 4 is 15.7 Å². The first-order valence-corrected chi connectivity index (χ1v) is 8.20. The van der Waals surface area contributed by atoms with Gasteiger partial charge >= 0.3 is 0 Å². The van der Waals surface area contributed by atoms with Gasteiger partial charge in [0.05, 0.1) is 4.90 Å². The van der Waals surface area contributed by atoms with Crippen LogP contribution < -0.4 is 10.5 Å². The molecule has 2 rings (SSSR count). The molecule has 0 aliphatic rings. The summed E-state index contributed by atoms with van der Waals surface area (Å²) in [6.45, 7) is 5.96. The van der Waals surface area contributed by atoms with Crippen LogP contribution in [0, 0.1) is 20.8 Å². The SMILES string of the molecule is Cc1cccc(CNS(=O)(=O)c2cc(C)c(C)c(N)c2)c1. The maximum absolute atomic E-state index is 12.3. The molecule has 0 bridgehead atoms. The molecule has 4 nitrogen and oxygen atoms in total. The molecular weight excluding hydrogens is 284 g/mol. The molecule has 0 amide bonds. The zero-order chi connectivity index (χ0) is 15.6. The molecule has 0 heterocycles. The number of benzene rings is 2. The Morgan fingerprint density at radius 3 is 2.43 bits per heavy atom. The summed E-state index contributed by atoms with van der Waals surface area (Å²) in [5.74, 6) is 0. The summed E-state index contributed by atoms with van der Waals surface area (Å²) in [4.78, 5) is 0.204. The van der Waals surface area contributed by atoms with Crippen LogP contribution in [0.25, 0.3) is 0 Å². The third-order valence-corrected chi connectivity index (χ3v) is 4.92. The Morgan fingerprint density at radius 2 is 1.81 bits per heavy atom. The zero-order valence-corrected chi connectivity index (χ0v) is 13.3. The van der Waals surface area contributed by atoms with Crippen LogP contribution >= 0.6 is 0 Å². The smallest absolute Gasteiger partial charge is 0.240 e. The van der Waals surface area contributed by atoms with Gasteiger partial charge in [-0.25, -0.2) is 13.1 Å². The average molecular weight is 304 g/mol. The minimum atomic E-state index is -3.56. The Labute approximate surface area is 126 Å². The van der Waals surface area contributed by atoms with Gasteiger partial charge in [-0.1, -0.05) is 29.8 Å². The van der Waals surface area contributed by atoms with Gasteiger partial charge in [0.1, 0.15) is 0 Å². The van der Waals surface area contributed by atoms with Gasteiger partial charge in [0.15, 0.2) is 0 Å². The summed E-state index contributed by atoms with van der Waals surface area (Å²) >= 11 is 0. The van der Waals surface area contributed by atoms with Crippen molar-refractivity contribution in [3.63, 3.8) is 0 Å². The predicted octanol–water partition coefficient (Wildman–Crippen LogP) is 2.67. The molecule has 3 N–H and O–H groups in total. The molecule has 2 aromatic rings. The van der Waals surface area contributed by atoms with E-state index in [-0.39, 0.29) is 11.4 Å². The molecule has 0 aliphatic heterocycles. The molecule has 0 saturated heterocycles. The fraction of sp³-hybridized carbons (Fsp3) is 0.250. The van der Waals surface area contributed by atoms with Gasteiger partial charge in [0, 0.05) is 12.2 Å². The van der Waals surface area contributed by atoms with Crippen LogP contribution in [-0.4, -0.2) is 8.42 Å². The van der Waals surface area contributed by atoms with Crippen molar-refractivity contribution < 1.29 is 8.42 Å². The second kappa shape index (κ2) is 5.87. The molecule has 2 aromatic carbocycles. The standard InChI is InChI=1S/C16H20N2O2S/c1-11-5-4-6-14(7-11)10-18-21(19,20)15-8-12(2)13(3)16(17)9-15/h4-9,18H,10,17H2,1-3H3. The fourth-order valence-electron chi connectivity index (χ4n) is 2.09. The highest BCUT2D eigenvalue weighted by Gasteiger charge is 2.16. The van der Waals surface area contributed by atoms with Gasteiger partial charge in [0.2, 0.25) is 10.0 Å². The van der Waals surface area contributed by atoms with Gasteiger partial charge in [-0.05, 0) is 49.6 Å². The van der Waals surface area contributed by atoms with Crippen LogP contribution in [0.5, 0.6) is 0 Å². The van der Waals surface area contributed by atoms with E-state index in [0.29, 0.717) is 5.69 Å². The molecule has 0 spiro atoms. The number of nitrogens with one attached hydrogen (secondary N) is 1.